The van der Waals surface area contributed by atoms with Gasteiger partial charge < -0.3 is 10.6 Å². The fourth-order valence-electron chi connectivity index (χ4n) is 2.42. The first-order valence-electron chi connectivity index (χ1n) is 7.21. The van der Waals surface area contributed by atoms with E-state index in [1.807, 2.05) is 44.2 Å². The van der Waals surface area contributed by atoms with Gasteiger partial charge in [-0.25, -0.2) is 4.79 Å². The van der Waals surface area contributed by atoms with E-state index in [1.54, 1.807) is 6.07 Å². The Morgan fingerprint density at radius 1 is 1.08 bits per heavy atom. The Balaban J connectivity index is 1.82. The SMILES string of the molecule is Cc1cc(C)cc(NC(=O)Nc2ccc(Br)cc2-c2nn[nH]n2)c1. The predicted molar refractivity (Wildman–Crippen MR) is 95.9 cm³/mol. The third-order valence-electron chi connectivity index (χ3n) is 3.30. The van der Waals surface area contributed by atoms with Crippen molar-refractivity contribution in [3.8, 4) is 11.4 Å². The molecule has 2 aromatic carbocycles. The van der Waals surface area contributed by atoms with Gasteiger partial charge in [-0.05, 0) is 60.5 Å². The minimum Gasteiger partial charge on any atom is -0.308 e. The second-order valence-electron chi connectivity index (χ2n) is 5.38. The number of hydrogen-bond acceptors (Lipinski definition) is 4. The molecule has 1 aromatic heterocycles. The van der Waals surface area contributed by atoms with Gasteiger partial charge in [-0.2, -0.15) is 5.21 Å². The van der Waals surface area contributed by atoms with Crippen LogP contribution in [0, 0.1) is 13.8 Å². The average Bonchev–Trinajstić information content (AvgIpc) is 3.02. The van der Waals surface area contributed by atoms with E-state index in [1.165, 1.54) is 0 Å². The number of aryl methyl sites for hydroxylation is 2. The standard InChI is InChI=1S/C16H15BrN6O/c1-9-5-10(2)7-12(6-9)18-16(24)19-14-4-3-11(17)8-13(14)15-20-22-23-21-15/h3-8H,1-2H3,(H2,18,19,24)(H,20,21,22,23). The third-order valence-corrected chi connectivity index (χ3v) is 3.79. The molecular formula is C16H15BrN6O. The maximum absolute atomic E-state index is 12.3. The summed E-state index contributed by atoms with van der Waals surface area (Å²) in [7, 11) is 0. The van der Waals surface area contributed by atoms with Crippen molar-refractivity contribution in [2.45, 2.75) is 13.8 Å². The maximum Gasteiger partial charge on any atom is 0.323 e. The monoisotopic (exact) mass is 386 g/mol. The molecule has 0 spiro atoms. The van der Waals surface area contributed by atoms with Crippen LogP contribution >= 0.6 is 15.9 Å². The second-order valence-corrected chi connectivity index (χ2v) is 6.30. The highest BCUT2D eigenvalue weighted by molar-refractivity contribution is 9.10. The van der Waals surface area contributed by atoms with E-state index < -0.39 is 0 Å². The van der Waals surface area contributed by atoms with Gasteiger partial charge >= 0.3 is 6.03 Å². The summed E-state index contributed by atoms with van der Waals surface area (Å²) in [5, 5.41) is 19.5. The van der Waals surface area contributed by atoms with Crippen molar-refractivity contribution < 1.29 is 4.79 Å². The lowest BCUT2D eigenvalue weighted by Crippen LogP contribution is -2.20. The summed E-state index contributed by atoms with van der Waals surface area (Å²) in [6, 6.07) is 10.9. The minimum absolute atomic E-state index is 0.341. The largest absolute Gasteiger partial charge is 0.323 e. The van der Waals surface area contributed by atoms with Gasteiger partial charge in [-0.3, -0.25) is 0 Å². The van der Waals surface area contributed by atoms with Crippen LogP contribution in [0.15, 0.2) is 40.9 Å². The number of amides is 2. The average molecular weight is 387 g/mol. The summed E-state index contributed by atoms with van der Waals surface area (Å²) in [5.41, 5.74) is 4.15. The van der Waals surface area contributed by atoms with Gasteiger partial charge in [0.1, 0.15) is 0 Å². The van der Waals surface area contributed by atoms with Crippen LogP contribution in [0.5, 0.6) is 0 Å². The molecule has 0 radical (unpaired) electrons. The van der Waals surface area contributed by atoms with Gasteiger partial charge in [0.25, 0.3) is 0 Å². The molecule has 0 saturated carbocycles. The number of carbonyl (C=O) groups excluding carboxylic acids is 1. The van der Waals surface area contributed by atoms with E-state index in [9.17, 15) is 4.79 Å². The number of urea groups is 1. The van der Waals surface area contributed by atoms with Gasteiger partial charge in [0, 0.05) is 15.7 Å². The van der Waals surface area contributed by atoms with Gasteiger partial charge in [-0.15, -0.1) is 10.2 Å². The molecule has 2 amide bonds. The zero-order valence-corrected chi connectivity index (χ0v) is 14.7. The number of tetrazole rings is 1. The van der Waals surface area contributed by atoms with Crippen LogP contribution in [0.1, 0.15) is 11.1 Å². The Labute approximate surface area is 147 Å². The summed E-state index contributed by atoms with van der Waals surface area (Å²) < 4.78 is 0.850. The molecule has 3 N–H and O–H groups in total. The van der Waals surface area contributed by atoms with E-state index in [-0.39, 0.29) is 6.03 Å². The summed E-state index contributed by atoms with van der Waals surface area (Å²) in [4.78, 5) is 12.3. The first-order chi connectivity index (χ1) is 11.5. The highest BCUT2D eigenvalue weighted by Crippen LogP contribution is 2.28. The Morgan fingerprint density at radius 2 is 1.83 bits per heavy atom. The molecule has 3 rings (SSSR count). The van der Waals surface area contributed by atoms with Crippen molar-refractivity contribution in [2.75, 3.05) is 10.6 Å². The Bertz CT molecular complexity index is 858. The lowest BCUT2D eigenvalue weighted by Gasteiger charge is -2.11. The quantitative estimate of drug-likeness (QED) is 0.635. The van der Waals surface area contributed by atoms with E-state index in [0.717, 1.165) is 21.3 Å². The molecule has 0 aliphatic carbocycles. The predicted octanol–water partition coefficient (Wildman–Crippen LogP) is 3.89. The van der Waals surface area contributed by atoms with Crippen molar-refractivity contribution in [3.05, 3.63) is 52.0 Å². The number of nitrogens with zero attached hydrogens (tertiary/aromatic N) is 3. The van der Waals surface area contributed by atoms with Crippen LogP contribution in [-0.2, 0) is 0 Å². The first-order valence-corrected chi connectivity index (χ1v) is 8.00. The van der Waals surface area contributed by atoms with Crippen molar-refractivity contribution in [3.63, 3.8) is 0 Å². The van der Waals surface area contributed by atoms with Crippen molar-refractivity contribution in [2.24, 2.45) is 0 Å². The highest BCUT2D eigenvalue weighted by atomic mass is 79.9. The van der Waals surface area contributed by atoms with Crippen molar-refractivity contribution in [1.82, 2.24) is 20.6 Å². The molecule has 122 valence electrons. The molecular weight excluding hydrogens is 372 g/mol. The third kappa shape index (κ3) is 3.77. The molecule has 7 nitrogen and oxygen atoms in total. The summed E-state index contributed by atoms with van der Waals surface area (Å²) in [6.45, 7) is 3.97. The molecule has 3 aromatic rings. The fraction of sp³-hybridized carbons (Fsp3) is 0.125. The second kappa shape index (κ2) is 6.79. The number of rotatable bonds is 3. The topological polar surface area (TPSA) is 95.6 Å². The van der Waals surface area contributed by atoms with Crippen LogP contribution in [0.2, 0.25) is 0 Å². The Morgan fingerprint density at radius 3 is 2.50 bits per heavy atom. The molecule has 0 fully saturated rings. The van der Waals surface area contributed by atoms with Crippen molar-refractivity contribution >= 4 is 33.3 Å². The first kappa shape index (κ1) is 16.1. The van der Waals surface area contributed by atoms with Crippen LogP contribution in [0.3, 0.4) is 0 Å². The summed E-state index contributed by atoms with van der Waals surface area (Å²) in [5.74, 6) is 0.401. The van der Waals surface area contributed by atoms with E-state index in [2.05, 4.69) is 47.2 Å². The molecule has 1 heterocycles. The summed E-state index contributed by atoms with van der Waals surface area (Å²) in [6.07, 6.45) is 0. The molecule has 0 saturated heterocycles. The maximum atomic E-state index is 12.3. The van der Waals surface area contributed by atoms with Crippen LogP contribution in [0.25, 0.3) is 11.4 Å². The van der Waals surface area contributed by atoms with Gasteiger partial charge in [-0.1, -0.05) is 22.0 Å². The number of anilines is 2. The normalized spacial score (nSPS) is 10.5. The molecule has 0 aliphatic heterocycles. The zero-order valence-electron chi connectivity index (χ0n) is 13.1. The molecule has 24 heavy (non-hydrogen) atoms. The molecule has 0 bridgehead atoms. The Kier molecular flexibility index (Phi) is 4.57. The molecule has 0 unspecified atom stereocenters. The number of nitrogens with one attached hydrogen (secondary N) is 3. The number of H-pyrrole nitrogens is 1. The van der Waals surface area contributed by atoms with Gasteiger partial charge in [0.2, 0.25) is 5.82 Å². The van der Waals surface area contributed by atoms with E-state index in [0.29, 0.717) is 17.1 Å². The van der Waals surface area contributed by atoms with Crippen LogP contribution in [0.4, 0.5) is 16.2 Å². The number of hydrogen-bond donors (Lipinski definition) is 3. The van der Waals surface area contributed by atoms with E-state index in [4.69, 9.17) is 0 Å². The smallest absolute Gasteiger partial charge is 0.308 e. The molecule has 0 atom stereocenters. The number of aromatic nitrogens is 4. The van der Waals surface area contributed by atoms with Crippen LogP contribution < -0.4 is 10.6 Å². The van der Waals surface area contributed by atoms with Gasteiger partial charge in [0.05, 0.1) is 5.69 Å². The lowest BCUT2D eigenvalue weighted by molar-refractivity contribution is 0.262. The minimum atomic E-state index is -0.341. The molecule has 0 aliphatic rings. The number of aromatic amines is 1. The van der Waals surface area contributed by atoms with E-state index >= 15 is 0 Å². The van der Waals surface area contributed by atoms with Crippen LogP contribution in [-0.4, -0.2) is 26.7 Å². The Hall–Kier alpha value is -2.74. The highest BCUT2D eigenvalue weighted by Gasteiger charge is 2.13. The van der Waals surface area contributed by atoms with Crippen molar-refractivity contribution in [1.29, 1.82) is 0 Å². The molecule has 8 heteroatoms. The number of carbonyl (C=O) groups is 1. The number of halogens is 1. The summed E-state index contributed by atoms with van der Waals surface area (Å²) >= 11 is 3.40. The fourth-order valence-corrected chi connectivity index (χ4v) is 2.78. The van der Waals surface area contributed by atoms with Gasteiger partial charge in [0.15, 0.2) is 0 Å². The zero-order chi connectivity index (χ0) is 17.1. The lowest BCUT2D eigenvalue weighted by atomic mass is 10.1. The number of benzene rings is 2.